The van der Waals surface area contributed by atoms with Crippen LogP contribution in [0.4, 0.5) is 5.69 Å². The van der Waals surface area contributed by atoms with Crippen LogP contribution in [0.25, 0.3) is 10.2 Å². The van der Waals surface area contributed by atoms with Crippen LogP contribution in [0.1, 0.15) is 32.5 Å². The van der Waals surface area contributed by atoms with Crippen molar-refractivity contribution in [3.05, 3.63) is 79.8 Å². The third kappa shape index (κ3) is 4.46. The molecule has 1 saturated heterocycles. The van der Waals surface area contributed by atoms with Gasteiger partial charge in [-0.05, 0) is 41.4 Å². The predicted molar refractivity (Wildman–Crippen MR) is 138 cm³/mol. The Labute approximate surface area is 210 Å². The fourth-order valence-electron chi connectivity index (χ4n) is 4.36. The van der Waals surface area contributed by atoms with E-state index >= 15 is 0 Å². The number of carbonyl (C=O) groups excluding carboxylic acids is 2. The molecule has 0 saturated carbocycles. The molecule has 0 aliphatic carbocycles. The zero-order chi connectivity index (χ0) is 24.4. The highest BCUT2D eigenvalue weighted by Crippen LogP contribution is 2.34. The second kappa shape index (κ2) is 10.0. The van der Waals surface area contributed by atoms with E-state index in [9.17, 15) is 14.4 Å². The summed E-state index contributed by atoms with van der Waals surface area (Å²) in [5.74, 6) is -0.613. The molecule has 8 nitrogen and oxygen atoms in total. The van der Waals surface area contributed by atoms with Gasteiger partial charge < -0.3 is 19.1 Å². The molecule has 0 spiro atoms. The largest absolute Gasteiger partial charge is 0.462 e. The van der Waals surface area contributed by atoms with E-state index in [1.54, 1.807) is 23.9 Å². The lowest BCUT2D eigenvalue weighted by Gasteiger charge is -2.36. The van der Waals surface area contributed by atoms with Crippen LogP contribution in [-0.2, 0) is 11.3 Å². The van der Waals surface area contributed by atoms with E-state index in [-0.39, 0.29) is 23.6 Å². The number of aromatic nitrogens is 2. The van der Waals surface area contributed by atoms with E-state index in [0.717, 1.165) is 15.8 Å². The van der Waals surface area contributed by atoms with Crippen LogP contribution in [0.3, 0.4) is 0 Å². The lowest BCUT2D eigenvalue weighted by molar-refractivity contribution is 0.0523. The number of anilines is 1. The molecule has 0 radical (unpaired) electrons. The number of hydrogen-bond donors (Lipinski definition) is 0. The summed E-state index contributed by atoms with van der Waals surface area (Å²) in [6.07, 6.45) is 3.40. The summed E-state index contributed by atoms with van der Waals surface area (Å²) in [6.45, 7) is 4.24. The lowest BCUT2D eigenvalue weighted by Crippen LogP contribution is -2.49. The fraction of sp³-hybridized carbons (Fsp3) is 0.280. The van der Waals surface area contributed by atoms with E-state index in [1.165, 1.54) is 22.7 Å². The molecule has 0 bridgehead atoms. The minimum absolute atomic E-state index is 0.0124. The smallest absolute Gasteiger partial charge is 0.345 e. The number of esters is 1. The monoisotopic (exact) mass is 508 g/mol. The van der Waals surface area contributed by atoms with Gasteiger partial charge in [-0.2, -0.15) is 0 Å². The van der Waals surface area contributed by atoms with Crippen LogP contribution in [0, 0.1) is 0 Å². The van der Waals surface area contributed by atoms with Gasteiger partial charge in [0.25, 0.3) is 11.5 Å². The van der Waals surface area contributed by atoms with Crippen molar-refractivity contribution >= 4 is 50.5 Å². The Morgan fingerprint density at radius 1 is 1.06 bits per heavy atom. The number of ether oxygens (including phenoxy) is 1. The van der Waals surface area contributed by atoms with Gasteiger partial charge >= 0.3 is 5.97 Å². The van der Waals surface area contributed by atoms with E-state index in [2.05, 4.69) is 4.98 Å². The van der Waals surface area contributed by atoms with Crippen molar-refractivity contribution in [2.75, 3.05) is 37.7 Å². The van der Waals surface area contributed by atoms with Crippen LogP contribution in [0.15, 0.2) is 58.3 Å². The van der Waals surface area contributed by atoms with Gasteiger partial charge in [0.1, 0.15) is 5.56 Å². The van der Waals surface area contributed by atoms with Gasteiger partial charge in [0.15, 0.2) is 0 Å². The Bertz CT molecular complexity index is 1400. The summed E-state index contributed by atoms with van der Waals surface area (Å²) in [5.41, 5.74) is 1.90. The number of fused-ring (bicyclic) bond motifs is 1. The molecular weight excluding hydrogens is 484 g/mol. The molecule has 10 heteroatoms. The summed E-state index contributed by atoms with van der Waals surface area (Å²) in [7, 11) is 0. The molecule has 0 aromatic carbocycles. The fourth-order valence-corrected chi connectivity index (χ4v) is 6.03. The number of hydrogen-bond acceptors (Lipinski definition) is 8. The van der Waals surface area contributed by atoms with Crippen molar-refractivity contribution in [1.29, 1.82) is 0 Å². The van der Waals surface area contributed by atoms with Gasteiger partial charge in [-0.15, -0.1) is 22.7 Å². The van der Waals surface area contributed by atoms with Crippen LogP contribution in [-0.4, -0.2) is 59.1 Å². The highest BCUT2D eigenvalue weighted by Gasteiger charge is 2.31. The molecule has 0 N–H and O–H groups in total. The van der Waals surface area contributed by atoms with Gasteiger partial charge in [0, 0.05) is 38.6 Å². The third-order valence-electron chi connectivity index (χ3n) is 6.00. The van der Waals surface area contributed by atoms with Crippen LogP contribution in [0.2, 0.25) is 0 Å². The number of carbonyl (C=O) groups is 2. The van der Waals surface area contributed by atoms with Crippen molar-refractivity contribution in [3.63, 3.8) is 0 Å². The number of nitrogens with zero attached hydrogens (tertiary/aromatic N) is 4. The summed E-state index contributed by atoms with van der Waals surface area (Å²) in [6, 6.07) is 9.33. The Kier molecular flexibility index (Phi) is 6.65. The third-order valence-corrected chi connectivity index (χ3v) is 7.77. The molecule has 4 aromatic rings. The van der Waals surface area contributed by atoms with E-state index in [0.29, 0.717) is 43.3 Å². The number of piperazine rings is 1. The standard InChI is InChI=1S/C25H24N4O4S2/c1-2-33-25(32)20-21(27-9-11-28(12-10-27)23(30)19-6-4-13-34-19)22-18(7-14-35-22)29(24(20)31)16-17-5-3-8-26-15-17/h3-8,13-15H,2,9-12,16H2,1H3. The molecule has 0 atom stereocenters. The van der Waals surface area contributed by atoms with E-state index in [1.807, 2.05) is 50.9 Å². The van der Waals surface area contributed by atoms with Gasteiger partial charge in [-0.1, -0.05) is 12.1 Å². The minimum Gasteiger partial charge on any atom is -0.462 e. The Balaban J connectivity index is 1.54. The van der Waals surface area contributed by atoms with Crippen LogP contribution in [0.5, 0.6) is 0 Å². The number of rotatable bonds is 6. The van der Waals surface area contributed by atoms with Gasteiger partial charge in [0.2, 0.25) is 0 Å². The second-order valence-corrected chi connectivity index (χ2v) is 9.95. The predicted octanol–water partition coefficient (Wildman–Crippen LogP) is 3.71. The average Bonchev–Trinajstić information content (AvgIpc) is 3.59. The first kappa shape index (κ1) is 23.3. The molecule has 0 unspecified atom stereocenters. The SMILES string of the molecule is CCOC(=O)c1c(N2CCN(C(=O)c3cccs3)CC2)c2sccc2n(Cc2cccnc2)c1=O. The van der Waals surface area contributed by atoms with Crippen LogP contribution >= 0.6 is 22.7 Å². The first-order valence-electron chi connectivity index (χ1n) is 11.4. The van der Waals surface area contributed by atoms with Gasteiger partial charge in [0.05, 0.1) is 33.9 Å². The van der Waals surface area contributed by atoms with Crippen molar-refractivity contribution < 1.29 is 14.3 Å². The highest BCUT2D eigenvalue weighted by molar-refractivity contribution is 7.17. The van der Waals surface area contributed by atoms with Gasteiger partial charge in [-0.3, -0.25) is 14.6 Å². The lowest BCUT2D eigenvalue weighted by atomic mass is 10.1. The Morgan fingerprint density at radius 3 is 2.57 bits per heavy atom. The molecule has 5 heterocycles. The molecule has 1 amide bonds. The second-order valence-electron chi connectivity index (χ2n) is 8.09. The molecule has 1 fully saturated rings. The van der Waals surface area contributed by atoms with Crippen molar-refractivity contribution in [1.82, 2.24) is 14.5 Å². The maximum atomic E-state index is 13.7. The quantitative estimate of drug-likeness (QED) is 0.369. The summed E-state index contributed by atoms with van der Waals surface area (Å²) in [4.78, 5) is 48.4. The number of amides is 1. The zero-order valence-corrected chi connectivity index (χ0v) is 20.8. The Hall–Kier alpha value is -3.50. The van der Waals surface area contributed by atoms with E-state index < -0.39 is 5.97 Å². The Morgan fingerprint density at radius 2 is 1.89 bits per heavy atom. The molecule has 35 heavy (non-hydrogen) atoms. The summed E-state index contributed by atoms with van der Waals surface area (Å²) in [5, 5.41) is 3.82. The zero-order valence-electron chi connectivity index (χ0n) is 19.2. The molecule has 180 valence electrons. The highest BCUT2D eigenvalue weighted by atomic mass is 32.1. The number of pyridine rings is 2. The summed E-state index contributed by atoms with van der Waals surface area (Å²) < 4.78 is 7.81. The maximum Gasteiger partial charge on any atom is 0.345 e. The molecule has 1 aliphatic rings. The van der Waals surface area contributed by atoms with Crippen molar-refractivity contribution in [2.24, 2.45) is 0 Å². The normalized spacial score (nSPS) is 13.9. The molecule has 4 aromatic heterocycles. The maximum absolute atomic E-state index is 13.7. The molecule has 5 rings (SSSR count). The molecular formula is C25H24N4O4S2. The number of thiophene rings is 2. The first-order chi connectivity index (χ1) is 17.1. The van der Waals surface area contributed by atoms with Crippen molar-refractivity contribution in [3.8, 4) is 0 Å². The summed E-state index contributed by atoms with van der Waals surface area (Å²) >= 11 is 2.92. The molecule has 1 aliphatic heterocycles. The van der Waals surface area contributed by atoms with E-state index in [4.69, 9.17) is 4.74 Å². The average molecular weight is 509 g/mol. The topological polar surface area (TPSA) is 84.7 Å². The van der Waals surface area contributed by atoms with Crippen molar-refractivity contribution in [2.45, 2.75) is 13.5 Å². The first-order valence-corrected chi connectivity index (χ1v) is 13.1. The van der Waals surface area contributed by atoms with Gasteiger partial charge in [-0.25, -0.2) is 4.79 Å². The minimum atomic E-state index is -0.625. The van der Waals surface area contributed by atoms with Crippen LogP contribution < -0.4 is 10.5 Å².